The molecule has 1 aliphatic heterocycles. The topological polar surface area (TPSA) is 75.1 Å². The molecule has 7 nitrogen and oxygen atoms in total. The molecule has 4 rings (SSSR count). The Labute approximate surface area is 201 Å². The lowest BCUT2D eigenvalue weighted by molar-refractivity contribution is -0.384. The molecule has 0 amide bonds. The molecule has 0 fully saturated rings. The van der Waals surface area contributed by atoms with Crippen LogP contribution in [0.3, 0.4) is 0 Å². The summed E-state index contributed by atoms with van der Waals surface area (Å²) in [5, 5.41) is 11.5. The van der Waals surface area contributed by atoms with Gasteiger partial charge in [0, 0.05) is 36.0 Å². The fourth-order valence-corrected chi connectivity index (χ4v) is 7.57. The zero-order valence-corrected chi connectivity index (χ0v) is 21.6. The Morgan fingerprint density at radius 2 is 1.82 bits per heavy atom. The van der Waals surface area contributed by atoms with E-state index in [9.17, 15) is 10.1 Å². The molecule has 1 aromatic heterocycles. The quantitative estimate of drug-likeness (QED) is 0.231. The predicted molar refractivity (Wildman–Crippen MR) is 140 cm³/mol. The minimum Gasteiger partial charge on any atom is -0.459 e. The number of hydrogen-bond donors (Lipinski definition) is 0. The minimum atomic E-state index is -2.63. The zero-order chi connectivity index (χ0) is 24.8. The fraction of sp³-hybridized carbons (Fsp3) is 0.308. The van der Waals surface area contributed by atoms with Crippen molar-refractivity contribution in [1.29, 1.82) is 0 Å². The first-order valence-corrected chi connectivity index (χ1v) is 12.9. The van der Waals surface area contributed by atoms with Gasteiger partial charge in [-0.15, -0.1) is 0 Å². The van der Waals surface area contributed by atoms with Gasteiger partial charge in [-0.3, -0.25) is 14.8 Å². The summed E-state index contributed by atoms with van der Waals surface area (Å²) in [7, 11) is 3.44. The zero-order valence-electron chi connectivity index (χ0n) is 20.7. The maximum atomic E-state index is 11.5. The molecule has 0 saturated heterocycles. The van der Waals surface area contributed by atoms with E-state index in [-0.39, 0.29) is 16.0 Å². The molecule has 178 valence electrons. The van der Waals surface area contributed by atoms with E-state index in [4.69, 9.17) is 9.16 Å². The van der Waals surface area contributed by atoms with Gasteiger partial charge in [-0.25, -0.2) is 4.74 Å². The van der Waals surface area contributed by atoms with Crippen LogP contribution in [0.5, 0.6) is 0 Å². The van der Waals surface area contributed by atoms with Crippen LogP contribution >= 0.6 is 7.21 Å². The van der Waals surface area contributed by atoms with E-state index in [1.165, 1.54) is 11.6 Å². The van der Waals surface area contributed by atoms with Gasteiger partial charge in [0.2, 0.25) is 0 Å². The number of nitro groups is 1. The Kier molecular flexibility index (Phi) is 6.05. The highest BCUT2D eigenvalue weighted by molar-refractivity contribution is 7.74. The number of non-ortho nitro benzene ring substituents is 1. The highest BCUT2D eigenvalue weighted by atomic mass is 31.2. The van der Waals surface area contributed by atoms with Gasteiger partial charge in [-0.2, -0.15) is 0 Å². The van der Waals surface area contributed by atoms with Crippen molar-refractivity contribution in [1.82, 2.24) is 4.67 Å². The number of nitrogens with zero attached hydrogens (tertiary/aromatic N) is 4. The molecule has 0 aliphatic carbocycles. The van der Waals surface area contributed by atoms with Crippen LogP contribution in [-0.2, 0) is 5.41 Å². The minimum absolute atomic E-state index is 0.0233. The van der Waals surface area contributed by atoms with Crippen LogP contribution in [0.15, 0.2) is 75.3 Å². The van der Waals surface area contributed by atoms with Gasteiger partial charge in [0.15, 0.2) is 5.50 Å². The van der Waals surface area contributed by atoms with Gasteiger partial charge in [-0.05, 0) is 63.1 Å². The first kappa shape index (κ1) is 24.0. The molecule has 0 radical (unpaired) electrons. The van der Waals surface area contributed by atoms with Crippen molar-refractivity contribution >= 4 is 29.8 Å². The molecule has 0 N–H and O–H groups in total. The average Bonchev–Trinajstić information content (AvgIpc) is 3.30. The first-order valence-electron chi connectivity index (χ1n) is 11.2. The van der Waals surface area contributed by atoms with Crippen molar-refractivity contribution in [3.63, 3.8) is 0 Å². The molecule has 3 aromatic rings. The van der Waals surface area contributed by atoms with Crippen molar-refractivity contribution in [2.45, 2.75) is 33.1 Å². The number of allylic oxidation sites excluding steroid dienone is 1. The number of likely N-dealkylation sites (N-methyl/N-ethyl adjacent to an activating group) is 1. The summed E-state index contributed by atoms with van der Waals surface area (Å²) in [6, 6.07) is 17.2. The van der Waals surface area contributed by atoms with Crippen molar-refractivity contribution in [3.05, 3.63) is 93.1 Å². The second-order valence-electron chi connectivity index (χ2n) is 9.42. The monoisotopic (exact) mass is 478 g/mol. The lowest BCUT2D eigenvalue weighted by atomic mass is 9.84. The number of fused-ring (bicyclic) bond motifs is 1. The molecule has 34 heavy (non-hydrogen) atoms. The SMILES string of the molecule is Cc1ccc(P(C=C2N(C)c3ccccc3C2(C)C)(=Nc2cc([N+](=O)[O-])ccc2C)N(C)C)o1. The number of furan rings is 1. The number of benzene rings is 2. The van der Waals surface area contributed by atoms with E-state index in [2.05, 4.69) is 60.5 Å². The second-order valence-corrected chi connectivity index (χ2v) is 12.4. The third-order valence-electron chi connectivity index (χ3n) is 6.57. The van der Waals surface area contributed by atoms with Gasteiger partial charge < -0.3 is 9.32 Å². The molecule has 0 bridgehead atoms. The number of anilines is 1. The van der Waals surface area contributed by atoms with Gasteiger partial charge in [0.1, 0.15) is 13.0 Å². The second kappa shape index (κ2) is 8.57. The van der Waals surface area contributed by atoms with Gasteiger partial charge >= 0.3 is 0 Å². The van der Waals surface area contributed by atoms with Gasteiger partial charge in [0.25, 0.3) is 5.69 Å². The Balaban J connectivity index is 2.06. The Morgan fingerprint density at radius 3 is 2.41 bits per heavy atom. The molecular weight excluding hydrogens is 447 g/mol. The molecule has 0 saturated carbocycles. The summed E-state index contributed by atoms with van der Waals surface area (Å²) >= 11 is 0. The Hall–Kier alpha value is -3.15. The van der Waals surface area contributed by atoms with Crippen LogP contribution in [0.2, 0.25) is 0 Å². The van der Waals surface area contributed by atoms with Crippen LogP contribution in [0, 0.1) is 24.0 Å². The lowest BCUT2D eigenvalue weighted by Gasteiger charge is -2.31. The Morgan fingerprint density at radius 1 is 1.12 bits per heavy atom. The van der Waals surface area contributed by atoms with Crippen molar-refractivity contribution in [3.8, 4) is 0 Å². The van der Waals surface area contributed by atoms with Gasteiger partial charge in [-0.1, -0.05) is 38.1 Å². The normalized spacial score (nSPS) is 17.6. The van der Waals surface area contributed by atoms with E-state index >= 15 is 0 Å². The Bertz CT molecular complexity index is 1350. The first-order chi connectivity index (χ1) is 16.0. The van der Waals surface area contributed by atoms with Crippen molar-refractivity contribution in [2.24, 2.45) is 4.74 Å². The number of aryl methyl sites for hydroxylation is 2. The highest BCUT2D eigenvalue weighted by Crippen LogP contribution is 2.59. The summed E-state index contributed by atoms with van der Waals surface area (Å²) in [4.78, 5) is 13.3. The summed E-state index contributed by atoms with van der Waals surface area (Å²) in [6.07, 6.45) is 0. The van der Waals surface area contributed by atoms with Crippen molar-refractivity contribution < 1.29 is 9.34 Å². The van der Waals surface area contributed by atoms with Crippen LogP contribution < -0.4 is 10.4 Å². The largest absolute Gasteiger partial charge is 0.459 e. The molecule has 8 heteroatoms. The molecule has 2 aromatic carbocycles. The molecule has 1 unspecified atom stereocenters. The van der Waals surface area contributed by atoms with Crippen LogP contribution in [0.4, 0.5) is 17.1 Å². The number of para-hydroxylation sites is 1. The summed E-state index contributed by atoms with van der Waals surface area (Å²) in [5.74, 6) is 3.04. The maximum Gasteiger partial charge on any atom is 0.271 e. The average molecular weight is 479 g/mol. The third-order valence-corrected chi connectivity index (χ3v) is 9.80. The fourth-order valence-electron chi connectivity index (χ4n) is 4.53. The van der Waals surface area contributed by atoms with Crippen molar-refractivity contribution in [2.75, 3.05) is 26.0 Å². The molecule has 1 aliphatic rings. The highest BCUT2D eigenvalue weighted by Gasteiger charge is 2.41. The van der Waals surface area contributed by atoms with Crippen LogP contribution in [-0.4, -0.2) is 30.7 Å². The summed E-state index contributed by atoms with van der Waals surface area (Å²) in [6.45, 7) is 8.28. The standard InChI is InChI=1S/C26H31N4O3P/c1-18-12-14-20(30(31)32)16-22(18)27-34(28(5)6,25-15-13-19(2)33-25)17-24-26(3,4)21-10-8-9-11-23(21)29(24)7/h8-17H,1-7H3. The smallest absolute Gasteiger partial charge is 0.271 e. The molecule has 1 atom stereocenters. The predicted octanol–water partition coefficient (Wildman–Crippen LogP) is 6.71. The van der Waals surface area contributed by atoms with Gasteiger partial charge in [0.05, 0.1) is 10.6 Å². The lowest BCUT2D eigenvalue weighted by Crippen LogP contribution is -2.25. The molecular formula is C26H31N4O3P. The van der Waals surface area contributed by atoms with E-state index in [0.717, 1.165) is 28.2 Å². The van der Waals surface area contributed by atoms with E-state index in [1.807, 2.05) is 40.1 Å². The molecule has 0 spiro atoms. The summed E-state index contributed by atoms with van der Waals surface area (Å²) in [5.41, 5.74) is 5.54. The van der Waals surface area contributed by atoms with E-state index in [1.54, 1.807) is 12.1 Å². The number of hydrogen-bond acceptors (Lipinski definition) is 5. The maximum absolute atomic E-state index is 11.5. The molecule has 2 heterocycles. The van der Waals surface area contributed by atoms with E-state index < -0.39 is 7.21 Å². The number of rotatable bonds is 5. The number of nitro benzene ring substituents is 1. The third kappa shape index (κ3) is 3.89. The van der Waals surface area contributed by atoms with E-state index in [0.29, 0.717) is 5.69 Å². The summed E-state index contributed by atoms with van der Waals surface area (Å²) < 4.78 is 13.6. The van der Waals surface area contributed by atoms with Crippen LogP contribution in [0.1, 0.15) is 30.7 Å². The van der Waals surface area contributed by atoms with Crippen LogP contribution in [0.25, 0.3) is 0 Å².